The first-order chi connectivity index (χ1) is 4.00. The molecule has 0 heterocycles. The minimum absolute atomic E-state index is 0. The fourth-order valence-electron chi connectivity index (χ4n) is 0. The number of halogens is 2. The molecule has 0 atom stereocenters. The zero-order valence-electron chi connectivity index (χ0n) is 4.34. The van der Waals surface area contributed by atoms with Crippen molar-refractivity contribution in [3.05, 3.63) is 0 Å². The molecule has 0 aliphatic rings. The first-order valence-corrected chi connectivity index (χ1v) is 3.70. The minimum Gasteiger partial charge on any atom is -0.222 e. The summed E-state index contributed by atoms with van der Waals surface area (Å²) < 4.78 is 67.9. The van der Waals surface area contributed by atoms with Gasteiger partial charge in [0.1, 0.15) is 0 Å². The smallest absolute Gasteiger partial charge is 0.222 e. The van der Waals surface area contributed by atoms with Gasteiger partial charge in [0.2, 0.25) is 0 Å². The molecule has 0 fully saturated rings. The Hall–Kier alpha value is 0.948. The summed E-state index contributed by atoms with van der Waals surface area (Å²) in [6.07, 6.45) is 0. The molecular formula is Cl2O8Pt. The second kappa shape index (κ2) is 6.46. The van der Waals surface area contributed by atoms with Crippen LogP contribution in [0.5, 0.6) is 0 Å². The van der Waals surface area contributed by atoms with E-state index in [0.29, 0.717) is 0 Å². The van der Waals surface area contributed by atoms with Gasteiger partial charge in [-0.25, -0.2) is 37.3 Å². The van der Waals surface area contributed by atoms with E-state index in [1.807, 2.05) is 0 Å². The van der Waals surface area contributed by atoms with E-state index in [4.69, 9.17) is 37.3 Å². The van der Waals surface area contributed by atoms with E-state index in [1.54, 1.807) is 0 Å². The monoisotopic (exact) mass is 393 g/mol. The van der Waals surface area contributed by atoms with E-state index in [0.717, 1.165) is 0 Å². The molecule has 0 amide bonds. The molecule has 0 aromatic carbocycles. The third kappa shape index (κ3) is 975. The summed E-state index contributed by atoms with van der Waals surface area (Å²) in [7, 11) is -9.89. The molecule has 0 aromatic heterocycles. The van der Waals surface area contributed by atoms with Crippen LogP contribution in [0.1, 0.15) is 0 Å². The summed E-state index contributed by atoms with van der Waals surface area (Å²) in [5.41, 5.74) is 0. The van der Waals surface area contributed by atoms with E-state index >= 15 is 0 Å². The maximum absolute atomic E-state index is 8.49. The molecule has 72 valence electrons. The Bertz CT molecular complexity index is 55.1. The predicted molar refractivity (Wildman–Crippen MR) is 0 cm³/mol. The van der Waals surface area contributed by atoms with Gasteiger partial charge >= 0.3 is 21.1 Å². The van der Waals surface area contributed by atoms with Crippen molar-refractivity contribution in [2.24, 2.45) is 0 Å². The summed E-state index contributed by atoms with van der Waals surface area (Å²) >= 11 is 0. The normalized spacial score (nSPS) is 10.9. The van der Waals surface area contributed by atoms with Gasteiger partial charge in [-0.15, -0.1) is 20.5 Å². The van der Waals surface area contributed by atoms with Crippen molar-refractivity contribution >= 4 is 0 Å². The molecule has 0 aromatic rings. The van der Waals surface area contributed by atoms with Gasteiger partial charge in [0.05, 0.1) is 0 Å². The second-order valence-corrected chi connectivity index (χ2v) is 2.27. The number of hydrogen-bond acceptors (Lipinski definition) is 8. The van der Waals surface area contributed by atoms with E-state index < -0.39 is 20.5 Å². The van der Waals surface area contributed by atoms with Crippen LogP contribution < -0.4 is 37.3 Å². The van der Waals surface area contributed by atoms with Gasteiger partial charge in [0, 0.05) is 0 Å². The van der Waals surface area contributed by atoms with Gasteiger partial charge in [0.15, 0.2) is 0 Å². The topological polar surface area (TPSA) is 184 Å². The summed E-state index contributed by atoms with van der Waals surface area (Å²) in [6.45, 7) is 0. The first-order valence-electron chi connectivity index (χ1n) is 1.23. The quantitative estimate of drug-likeness (QED) is 0.388. The molecule has 0 saturated heterocycles. The molecule has 11 heavy (non-hydrogen) atoms. The number of hydrogen-bond donors (Lipinski definition) is 0. The van der Waals surface area contributed by atoms with Crippen LogP contribution in [0.4, 0.5) is 0 Å². The second-order valence-electron chi connectivity index (χ2n) is 0.756. The van der Waals surface area contributed by atoms with E-state index in [1.165, 1.54) is 0 Å². The maximum atomic E-state index is 8.49. The molecule has 0 saturated carbocycles. The van der Waals surface area contributed by atoms with Crippen molar-refractivity contribution in [1.29, 1.82) is 0 Å². The van der Waals surface area contributed by atoms with Crippen LogP contribution in [0, 0.1) is 20.5 Å². The molecule has 0 spiro atoms. The SMILES string of the molecule is [O-][Cl+3]([O-])([O-])[O-].[O-][Cl+3]([O-])([O-])[O-].[Pt+2]. The zero-order valence-corrected chi connectivity index (χ0v) is 8.12. The number of rotatable bonds is 0. The molecule has 0 aliphatic carbocycles. The predicted octanol–water partition coefficient (Wildman–Crippen LogP) is -9.51. The van der Waals surface area contributed by atoms with Crippen molar-refractivity contribution in [2.75, 3.05) is 0 Å². The molecular weight excluding hydrogens is 394 g/mol. The van der Waals surface area contributed by atoms with Crippen LogP contribution >= 0.6 is 0 Å². The molecule has 0 rings (SSSR count). The average Bonchev–Trinajstić information content (AvgIpc) is 1.12. The minimum atomic E-state index is -4.94. The Labute approximate surface area is 79.0 Å². The van der Waals surface area contributed by atoms with Gasteiger partial charge in [-0.1, -0.05) is 0 Å². The van der Waals surface area contributed by atoms with E-state index in [-0.39, 0.29) is 21.1 Å². The Morgan fingerprint density at radius 2 is 0.455 bits per heavy atom. The molecule has 11 heteroatoms. The first kappa shape index (κ1) is 17.9. The Balaban J connectivity index is -0.000000107. The third-order valence-electron chi connectivity index (χ3n) is 0. The van der Waals surface area contributed by atoms with Crippen molar-refractivity contribution in [3.8, 4) is 0 Å². The summed E-state index contributed by atoms with van der Waals surface area (Å²) in [6, 6.07) is 0. The van der Waals surface area contributed by atoms with Gasteiger partial charge in [-0.05, 0) is 0 Å². The van der Waals surface area contributed by atoms with Gasteiger partial charge in [-0.2, -0.15) is 0 Å². The molecule has 8 nitrogen and oxygen atoms in total. The van der Waals surface area contributed by atoms with Crippen LogP contribution in [0.15, 0.2) is 0 Å². The molecule has 0 unspecified atom stereocenters. The zero-order chi connectivity index (χ0) is 9.00. The van der Waals surface area contributed by atoms with Crippen molar-refractivity contribution in [3.63, 3.8) is 0 Å². The maximum Gasteiger partial charge on any atom is 2.00 e. The fourth-order valence-corrected chi connectivity index (χ4v) is 0. The van der Waals surface area contributed by atoms with Crippen molar-refractivity contribution in [2.45, 2.75) is 0 Å². The molecule has 0 radical (unpaired) electrons. The van der Waals surface area contributed by atoms with Gasteiger partial charge < -0.3 is 0 Å². The van der Waals surface area contributed by atoms with Crippen LogP contribution in [0.2, 0.25) is 0 Å². The van der Waals surface area contributed by atoms with Crippen LogP contribution in [0.3, 0.4) is 0 Å². The van der Waals surface area contributed by atoms with Crippen molar-refractivity contribution in [1.82, 2.24) is 0 Å². The summed E-state index contributed by atoms with van der Waals surface area (Å²) in [4.78, 5) is 0. The third-order valence-corrected chi connectivity index (χ3v) is 0. The Morgan fingerprint density at radius 3 is 0.455 bits per heavy atom. The summed E-state index contributed by atoms with van der Waals surface area (Å²) in [5, 5.41) is 0. The molecule has 0 aliphatic heterocycles. The molecule has 0 bridgehead atoms. The largest absolute Gasteiger partial charge is 2.00 e. The van der Waals surface area contributed by atoms with Crippen LogP contribution in [-0.4, -0.2) is 0 Å². The standard InChI is InChI=1S/2ClHO4.Pt/c2*2-1(3,4)5;/h2*(H,2,3,4,5);/q;;+2/p-2. The Kier molecular flexibility index (Phi) is 10.5. The average molecular weight is 394 g/mol. The fraction of sp³-hybridized carbons (Fsp3) is 0. The van der Waals surface area contributed by atoms with Gasteiger partial charge in [-0.3, -0.25) is 0 Å². The van der Waals surface area contributed by atoms with Crippen molar-refractivity contribution < 1.29 is 78.8 Å². The Morgan fingerprint density at radius 1 is 0.455 bits per heavy atom. The van der Waals surface area contributed by atoms with Crippen LogP contribution in [-0.2, 0) is 21.1 Å². The van der Waals surface area contributed by atoms with Gasteiger partial charge in [0.25, 0.3) is 0 Å². The van der Waals surface area contributed by atoms with E-state index in [2.05, 4.69) is 0 Å². The summed E-state index contributed by atoms with van der Waals surface area (Å²) in [5.74, 6) is 0. The van der Waals surface area contributed by atoms with Crippen LogP contribution in [0.25, 0.3) is 0 Å². The van der Waals surface area contributed by atoms with E-state index in [9.17, 15) is 0 Å². The molecule has 0 N–H and O–H groups in total.